The maximum absolute atomic E-state index is 12.1. The number of halogens is 1. The van der Waals surface area contributed by atoms with Crippen LogP contribution in [-0.2, 0) is 0 Å². The lowest BCUT2D eigenvalue weighted by Gasteiger charge is -2.12. The Morgan fingerprint density at radius 3 is 2.25 bits per heavy atom. The second-order valence-corrected chi connectivity index (χ2v) is 2.16. The van der Waals surface area contributed by atoms with Crippen molar-refractivity contribution in [1.82, 2.24) is 5.12 Å². The summed E-state index contributed by atoms with van der Waals surface area (Å²) >= 11 is 0. The van der Waals surface area contributed by atoms with Crippen LogP contribution in [0.2, 0.25) is 0 Å². The molecular weight excluding hydrogens is 105 g/mol. The molecule has 2 heteroatoms. The maximum Gasteiger partial charge on any atom is 0.0370 e. The van der Waals surface area contributed by atoms with Gasteiger partial charge < -0.3 is 0 Å². The predicted octanol–water partition coefficient (Wildman–Crippen LogP) is 1.99. The Morgan fingerprint density at radius 2 is 2.12 bits per heavy atom. The zero-order valence-electron chi connectivity index (χ0n) is 5.82. The van der Waals surface area contributed by atoms with Crippen molar-refractivity contribution in [3.8, 4) is 0 Å². The summed E-state index contributed by atoms with van der Waals surface area (Å²) in [4.78, 5) is 0. The fourth-order valence-electron chi connectivity index (χ4n) is 0.596. The highest BCUT2D eigenvalue weighted by Gasteiger charge is 2.03. The van der Waals surface area contributed by atoms with Crippen LogP contribution in [0.4, 0.5) is 4.48 Å². The Balaban J connectivity index is 3.17. The maximum atomic E-state index is 12.1. The molecule has 0 aromatic rings. The number of hydrogen-bond donors (Lipinski definition) is 0. The summed E-state index contributed by atoms with van der Waals surface area (Å²) in [5.74, 6) is 0. The van der Waals surface area contributed by atoms with Crippen molar-refractivity contribution in [2.75, 3.05) is 7.05 Å². The summed E-state index contributed by atoms with van der Waals surface area (Å²) in [7, 11) is 1.46. The van der Waals surface area contributed by atoms with Gasteiger partial charge in [-0.1, -0.05) is 13.3 Å². The van der Waals surface area contributed by atoms with Gasteiger partial charge in [0.2, 0.25) is 0 Å². The topological polar surface area (TPSA) is 3.24 Å². The fraction of sp³-hybridized carbons (Fsp3) is 1.00. The minimum atomic E-state index is 0.0833. The van der Waals surface area contributed by atoms with Crippen LogP contribution in [0.1, 0.15) is 26.7 Å². The molecule has 50 valence electrons. The minimum absolute atomic E-state index is 0.0833. The molecule has 0 bridgehead atoms. The van der Waals surface area contributed by atoms with Gasteiger partial charge in [0.25, 0.3) is 0 Å². The van der Waals surface area contributed by atoms with Crippen molar-refractivity contribution < 1.29 is 4.48 Å². The van der Waals surface area contributed by atoms with Crippen LogP contribution >= 0.6 is 0 Å². The predicted molar refractivity (Wildman–Crippen MR) is 33.2 cm³/mol. The van der Waals surface area contributed by atoms with E-state index in [-0.39, 0.29) is 6.04 Å². The first-order chi connectivity index (χ1) is 3.68. The van der Waals surface area contributed by atoms with E-state index < -0.39 is 0 Å². The smallest absolute Gasteiger partial charge is 0.0370 e. The summed E-state index contributed by atoms with van der Waals surface area (Å²) in [5.41, 5.74) is 0. The van der Waals surface area contributed by atoms with Gasteiger partial charge in [-0.05, 0) is 13.3 Å². The molecular formula is C6H14FN. The number of rotatable bonds is 3. The quantitative estimate of drug-likeness (QED) is 0.513. The average Bonchev–Trinajstić information content (AvgIpc) is 1.67. The average molecular weight is 119 g/mol. The van der Waals surface area contributed by atoms with E-state index in [1.807, 2.05) is 6.92 Å². The molecule has 1 atom stereocenters. The zero-order valence-corrected chi connectivity index (χ0v) is 5.82. The fourth-order valence-corrected chi connectivity index (χ4v) is 0.596. The van der Waals surface area contributed by atoms with Crippen LogP contribution in [-0.4, -0.2) is 18.2 Å². The Kier molecular flexibility index (Phi) is 3.79. The van der Waals surface area contributed by atoms with Gasteiger partial charge in [0.1, 0.15) is 0 Å². The number of hydrogen-bond acceptors (Lipinski definition) is 1. The van der Waals surface area contributed by atoms with Gasteiger partial charge in [0, 0.05) is 13.1 Å². The summed E-state index contributed by atoms with van der Waals surface area (Å²) in [6.07, 6.45) is 1.99. The highest BCUT2D eigenvalue weighted by atomic mass is 19.2. The third kappa shape index (κ3) is 2.97. The Hall–Kier alpha value is -0.110. The third-order valence-corrected chi connectivity index (χ3v) is 1.31. The van der Waals surface area contributed by atoms with E-state index >= 15 is 0 Å². The normalized spacial score (nSPS) is 14.6. The van der Waals surface area contributed by atoms with Crippen LogP contribution in [0.3, 0.4) is 0 Å². The highest BCUT2D eigenvalue weighted by Crippen LogP contribution is 2.02. The van der Waals surface area contributed by atoms with E-state index in [0.717, 1.165) is 18.0 Å². The highest BCUT2D eigenvalue weighted by molar-refractivity contribution is 4.52. The molecule has 8 heavy (non-hydrogen) atoms. The van der Waals surface area contributed by atoms with Crippen LogP contribution in [0.5, 0.6) is 0 Å². The molecule has 0 aromatic heterocycles. The molecule has 0 saturated carbocycles. The summed E-state index contributed by atoms with van der Waals surface area (Å²) in [6.45, 7) is 3.93. The van der Waals surface area contributed by atoms with Crippen molar-refractivity contribution in [2.45, 2.75) is 32.7 Å². The molecule has 0 spiro atoms. The minimum Gasteiger partial charge on any atom is -0.147 e. The summed E-state index contributed by atoms with van der Waals surface area (Å²) in [6, 6.07) is 0.0833. The van der Waals surface area contributed by atoms with Crippen LogP contribution in [0, 0.1) is 0 Å². The summed E-state index contributed by atoms with van der Waals surface area (Å²) in [5, 5.41) is 0.753. The molecule has 0 amide bonds. The molecule has 0 saturated heterocycles. The molecule has 0 N–H and O–H groups in total. The molecule has 1 nitrogen and oxygen atoms in total. The SMILES string of the molecule is CCCC(C)N(C)F. The lowest BCUT2D eigenvalue weighted by molar-refractivity contribution is 0.0131. The van der Waals surface area contributed by atoms with Gasteiger partial charge in [-0.15, -0.1) is 9.60 Å². The van der Waals surface area contributed by atoms with Crippen molar-refractivity contribution in [2.24, 2.45) is 0 Å². The van der Waals surface area contributed by atoms with E-state index in [2.05, 4.69) is 6.92 Å². The van der Waals surface area contributed by atoms with E-state index in [4.69, 9.17) is 0 Å². The largest absolute Gasteiger partial charge is 0.147 e. The molecule has 0 aromatic carbocycles. The monoisotopic (exact) mass is 119 g/mol. The molecule has 0 aliphatic heterocycles. The standard InChI is InChI=1S/C6H14FN/c1-4-5-6(2)8(3)7/h6H,4-5H2,1-3H3. The lowest BCUT2D eigenvalue weighted by atomic mass is 10.2. The molecule has 0 heterocycles. The van der Waals surface area contributed by atoms with E-state index in [1.54, 1.807) is 0 Å². The zero-order chi connectivity index (χ0) is 6.57. The molecule has 0 aliphatic carbocycles. The lowest BCUT2D eigenvalue weighted by Crippen LogP contribution is -2.19. The Morgan fingerprint density at radius 1 is 1.62 bits per heavy atom. The van der Waals surface area contributed by atoms with Crippen LogP contribution < -0.4 is 0 Å². The van der Waals surface area contributed by atoms with Gasteiger partial charge >= 0.3 is 0 Å². The van der Waals surface area contributed by atoms with Gasteiger partial charge in [-0.25, -0.2) is 0 Å². The van der Waals surface area contributed by atoms with Gasteiger partial charge in [0.15, 0.2) is 0 Å². The van der Waals surface area contributed by atoms with Crippen LogP contribution in [0.25, 0.3) is 0 Å². The first kappa shape index (κ1) is 7.89. The second kappa shape index (κ2) is 3.84. The summed E-state index contributed by atoms with van der Waals surface area (Å²) < 4.78 is 12.1. The van der Waals surface area contributed by atoms with Crippen molar-refractivity contribution >= 4 is 0 Å². The van der Waals surface area contributed by atoms with Gasteiger partial charge in [-0.3, -0.25) is 0 Å². The van der Waals surface area contributed by atoms with Gasteiger partial charge in [0.05, 0.1) is 0 Å². The van der Waals surface area contributed by atoms with Crippen molar-refractivity contribution in [3.63, 3.8) is 0 Å². The first-order valence-corrected chi connectivity index (χ1v) is 3.07. The Labute approximate surface area is 50.4 Å². The van der Waals surface area contributed by atoms with Crippen LogP contribution in [0.15, 0.2) is 0 Å². The molecule has 0 aliphatic rings. The first-order valence-electron chi connectivity index (χ1n) is 3.07. The molecule has 0 fully saturated rings. The second-order valence-electron chi connectivity index (χ2n) is 2.16. The third-order valence-electron chi connectivity index (χ3n) is 1.31. The van der Waals surface area contributed by atoms with E-state index in [0.29, 0.717) is 0 Å². The Bertz CT molecular complexity index is 54.5. The number of nitrogens with zero attached hydrogens (tertiary/aromatic N) is 1. The molecule has 0 rings (SSSR count). The van der Waals surface area contributed by atoms with Gasteiger partial charge in [-0.2, -0.15) is 0 Å². The van der Waals surface area contributed by atoms with Crippen molar-refractivity contribution in [1.29, 1.82) is 0 Å². The van der Waals surface area contributed by atoms with E-state index in [1.165, 1.54) is 7.05 Å². The van der Waals surface area contributed by atoms with Crippen molar-refractivity contribution in [3.05, 3.63) is 0 Å². The molecule has 1 unspecified atom stereocenters. The van der Waals surface area contributed by atoms with E-state index in [9.17, 15) is 4.48 Å². The molecule has 0 radical (unpaired) electrons.